The van der Waals surface area contributed by atoms with Crippen LogP contribution in [0, 0.1) is 6.92 Å². The van der Waals surface area contributed by atoms with Crippen molar-refractivity contribution >= 4 is 49.0 Å². The van der Waals surface area contributed by atoms with E-state index in [-0.39, 0.29) is 4.90 Å². The Kier molecular flexibility index (Phi) is 4.87. The highest BCUT2D eigenvalue weighted by molar-refractivity contribution is 9.10. The maximum absolute atomic E-state index is 13.2. The molecule has 28 heavy (non-hydrogen) atoms. The van der Waals surface area contributed by atoms with Crippen LogP contribution in [0.1, 0.15) is 17.0 Å². The standard InChI is InChI=1S/C21H16BrN3O2S/c1-15-5-9-18(10-6-15)28(26,27)25-21-14-16(22)7-11-19(21)20(24-25)12-8-17-4-2-3-13-23-17/h2-14H,1H3/b12-8+. The Hall–Kier alpha value is -2.77. The molecule has 4 aromatic rings. The van der Waals surface area contributed by atoms with Gasteiger partial charge in [0.05, 0.1) is 21.8 Å². The number of pyridine rings is 1. The molecular formula is C21H16BrN3O2S. The lowest BCUT2D eigenvalue weighted by molar-refractivity contribution is 0.582. The van der Waals surface area contributed by atoms with Crippen molar-refractivity contribution in [3.8, 4) is 0 Å². The number of aryl methyl sites for hydroxylation is 1. The second-order valence-corrected chi connectivity index (χ2v) is 8.98. The molecule has 0 bridgehead atoms. The number of hydrogen-bond donors (Lipinski definition) is 0. The van der Waals surface area contributed by atoms with E-state index in [1.165, 1.54) is 0 Å². The summed E-state index contributed by atoms with van der Waals surface area (Å²) in [7, 11) is -3.83. The molecule has 0 atom stereocenters. The van der Waals surface area contributed by atoms with E-state index in [1.54, 1.807) is 42.6 Å². The molecule has 7 heteroatoms. The predicted octanol–water partition coefficient (Wildman–Crippen LogP) is 4.91. The van der Waals surface area contributed by atoms with Crippen LogP contribution in [0.4, 0.5) is 0 Å². The zero-order valence-electron chi connectivity index (χ0n) is 14.9. The lowest BCUT2D eigenvalue weighted by Crippen LogP contribution is -2.14. The second kappa shape index (κ2) is 7.33. The molecule has 5 nitrogen and oxygen atoms in total. The molecule has 2 aromatic heterocycles. The Morgan fingerprint density at radius 2 is 1.79 bits per heavy atom. The lowest BCUT2D eigenvalue weighted by atomic mass is 10.2. The van der Waals surface area contributed by atoms with Crippen molar-refractivity contribution in [1.29, 1.82) is 0 Å². The van der Waals surface area contributed by atoms with E-state index in [0.29, 0.717) is 11.2 Å². The first-order valence-corrected chi connectivity index (χ1v) is 10.8. The van der Waals surface area contributed by atoms with Gasteiger partial charge in [-0.3, -0.25) is 4.98 Å². The maximum Gasteiger partial charge on any atom is 0.283 e. The Labute approximate surface area is 171 Å². The molecule has 0 aliphatic carbocycles. The number of hydrogen-bond acceptors (Lipinski definition) is 4. The van der Waals surface area contributed by atoms with Crippen LogP contribution in [0.25, 0.3) is 23.1 Å². The normalized spacial score (nSPS) is 12.1. The summed E-state index contributed by atoms with van der Waals surface area (Å²) in [6.45, 7) is 1.91. The predicted molar refractivity (Wildman–Crippen MR) is 114 cm³/mol. The number of aromatic nitrogens is 3. The van der Waals surface area contributed by atoms with Crippen LogP contribution in [-0.2, 0) is 10.0 Å². The van der Waals surface area contributed by atoms with Crippen molar-refractivity contribution in [3.05, 3.63) is 88.3 Å². The topological polar surface area (TPSA) is 64.8 Å². The molecular weight excluding hydrogens is 438 g/mol. The SMILES string of the molecule is Cc1ccc(S(=O)(=O)n2nc(/C=C/c3ccccn3)c3ccc(Br)cc32)cc1. The molecule has 0 N–H and O–H groups in total. The molecule has 2 aromatic carbocycles. The largest absolute Gasteiger partial charge is 0.283 e. The van der Waals surface area contributed by atoms with Crippen LogP contribution < -0.4 is 0 Å². The van der Waals surface area contributed by atoms with Crippen molar-refractivity contribution in [2.45, 2.75) is 11.8 Å². The first-order valence-electron chi connectivity index (χ1n) is 8.55. The summed E-state index contributed by atoms with van der Waals surface area (Å²) in [5.74, 6) is 0. The third kappa shape index (κ3) is 3.50. The van der Waals surface area contributed by atoms with Crippen molar-refractivity contribution in [3.63, 3.8) is 0 Å². The monoisotopic (exact) mass is 453 g/mol. The van der Waals surface area contributed by atoms with Gasteiger partial charge in [0, 0.05) is 16.1 Å². The molecule has 0 aliphatic rings. The van der Waals surface area contributed by atoms with Crippen LogP contribution >= 0.6 is 15.9 Å². The second-order valence-electron chi connectivity index (χ2n) is 6.30. The summed E-state index contributed by atoms with van der Waals surface area (Å²) in [6, 6.07) is 17.8. The Balaban J connectivity index is 1.88. The Morgan fingerprint density at radius 3 is 2.50 bits per heavy atom. The first-order chi connectivity index (χ1) is 13.4. The van der Waals surface area contributed by atoms with Gasteiger partial charge in [-0.1, -0.05) is 39.7 Å². The molecule has 0 amide bonds. The van der Waals surface area contributed by atoms with Crippen molar-refractivity contribution in [2.75, 3.05) is 0 Å². The zero-order chi connectivity index (χ0) is 19.7. The fourth-order valence-electron chi connectivity index (χ4n) is 2.84. The summed E-state index contributed by atoms with van der Waals surface area (Å²) in [6.07, 6.45) is 5.29. The van der Waals surface area contributed by atoms with E-state index in [1.807, 2.05) is 43.3 Å². The van der Waals surface area contributed by atoms with E-state index in [2.05, 4.69) is 26.0 Å². The Morgan fingerprint density at radius 1 is 1.00 bits per heavy atom. The van der Waals surface area contributed by atoms with Gasteiger partial charge in [-0.15, -0.1) is 0 Å². The third-order valence-electron chi connectivity index (χ3n) is 4.29. The van der Waals surface area contributed by atoms with Gasteiger partial charge in [-0.25, -0.2) is 0 Å². The molecule has 0 saturated carbocycles. The van der Waals surface area contributed by atoms with Crippen molar-refractivity contribution in [1.82, 2.24) is 14.2 Å². The molecule has 4 rings (SSSR count). The number of rotatable bonds is 4. The first kappa shape index (κ1) is 18.6. The van der Waals surface area contributed by atoms with E-state index < -0.39 is 10.0 Å². The van der Waals surface area contributed by atoms with Crippen molar-refractivity contribution in [2.24, 2.45) is 0 Å². The highest BCUT2D eigenvalue weighted by Crippen LogP contribution is 2.27. The smallest absolute Gasteiger partial charge is 0.257 e. The number of nitrogens with zero attached hydrogens (tertiary/aromatic N) is 3. The lowest BCUT2D eigenvalue weighted by Gasteiger charge is -2.06. The van der Waals surface area contributed by atoms with E-state index in [0.717, 1.165) is 25.2 Å². The summed E-state index contributed by atoms with van der Waals surface area (Å²) in [4.78, 5) is 4.45. The van der Waals surface area contributed by atoms with Gasteiger partial charge in [0.2, 0.25) is 0 Å². The molecule has 0 spiro atoms. The summed E-state index contributed by atoms with van der Waals surface area (Å²) < 4.78 is 28.3. The fourth-order valence-corrected chi connectivity index (χ4v) is 4.47. The van der Waals surface area contributed by atoms with E-state index in [4.69, 9.17) is 0 Å². The van der Waals surface area contributed by atoms with Crippen LogP contribution in [0.15, 0.2) is 76.2 Å². The minimum atomic E-state index is -3.83. The average molecular weight is 454 g/mol. The van der Waals surface area contributed by atoms with Crippen LogP contribution in [-0.4, -0.2) is 22.6 Å². The maximum atomic E-state index is 13.2. The van der Waals surface area contributed by atoms with E-state index in [9.17, 15) is 8.42 Å². The summed E-state index contributed by atoms with van der Waals surface area (Å²) in [5.41, 5.74) is 2.83. The van der Waals surface area contributed by atoms with Crippen molar-refractivity contribution < 1.29 is 8.42 Å². The van der Waals surface area contributed by atoms with Gasteiger partial charge in [-0.05, 0) is 61.5 Å². The molecule has 0 saturated heterocycles. The third-order valence-corrected chi connectivity index (χ3v) is 6.38. The highest BCUT2D eigenvalue weighted by atomic mass is 79.9. The summed E-state index contributed by atoms with van der Waals surface area (Å²) in [5, 5.41) is 5.15. The Bertz CT molecular complexity index is 1280. The average Bonchev–Trinajstić information content (AvgIpc) is 3.06. The molecule has 0 radical (unpaired) electrons. The molecule has 0 fully saturated rings. The van der Waals surface area contributed by atoms with Gasteiger partial charge in [-0.2, -0.15) is 17.6 Å². The van der Waals surface area contributed by atoms with Gasteiger partial charge in [0.25, 0.3) is 10.0 Å². The minimum Gasteiger partial charge on any atom is -0.257 e. The number of fused-ring (bicyclic) bond motifs is 1. The van der Waals surface area contributed by atoms with Crippen LogP contribution in [0.5, 0.6) is 0 Å². The van der Waals surface area contributed by atoms with Crippen LogP contribution in [0.2, 0.25) is 0 Å². The highest BCUT2D eigenvalue weighted by Gasteiger charge is 2.22. The number of halogens is 1. The summed E-state index contributed by atoms with van der Waals surface area (Å²) >= 11 is 3.42. The molecule has 0 unspecified atom stereocenters. The van der Waals surface area contributed by atoms with Gasteiger partial charge >= 0.3 is 0 Å². The fraction of sp³-hybridized carbons (Fsp3) is 0.0476. The van der Waals surface area contributed by atoms with Gasteiger partial charge in [0.1, 0.15) is 0 Å². The molecule has 0 aliphatic heterocycles. The molecule has 140 valence electrons. The zero-order valence-corrected chi connectivity index (χ0v) is 17.4. The van der Waals surface area contributed by atoms with E-state index >= 15 is 0 Å². The quantitative estimate of drug-likeness (QED) is 0.440. The molecule has 2 heterocycles. The number of benzene rings is 2. The van der Waals surface area contributed by atoms with Crippen LogP contribution in [0.3, 0.4) is 0 Å². The van der Waals surface area contributed by atoms with Gasteiger partial charge < -0.3 is 0 Å². The minimum absolute atomic E-state index is 0.197. The van der Waals surface area contributed by atoms with Gasteiger partial charge in [0.15, 0.2) is 0 Å².